The van der Waals surface area contributed by atoms with E-state index in [1.807, 2.05) is 6.92 Å². The molecule has 0 aromatic heterocycles. The second-order valence-corrected chi connectivity index (χ2v) is 2.57. The van der Waals surface area contributed by atoms with E-state index in [-0.39, 0.29) is 11.8 Å². The van der Waals surface area contributed by atoms with Crippen molar-refractivity contribution in [1.82, 2.24) is 5.32 Å². The van der Waals surface area contributed by atoms with Crippen LogP contribution in [0, 0.1) is 5.92 Å². The van der Waals surface area contributed by atoms with E-state index >= 15 is 0 Å². The van der Waals surface area contributed by atoms with Gasteiger partial charge in [-0.3, -0.25) is 4.79 Å². The number of likely N-dealkylation sites (N-methyl/N-ethyl adjacent to an activating group) is 1. The molecule has 1 amide bonds. The second-order valence-electron chi connectivity index (χ2n) is 2.57. The molecule has 66 valence electrons. The van der Waals surface area contributed by atoms with Gasteiger partial charge in [0.2, 0.25) is 5.91 Å². The number of rotatable bonds is 4. The number of hydrogen-bond donors (Lipinski definition) is 2. The Morgan fingerprint density at radius 2 is 2.27 bits per heavy atom. The van der Waals surface area contributed by atoms with Gasteiger partial charge in [-0.05, 0) is 0 Å². The van der Waals surface area contributed by atoms with E-state index in [1.54, 1.807) is 14.2 Å². The number of hydrogen-bond acceptors (Lipinski definition) is 3. The van der Waals surface area contributed by atoms with E-state index in [4.69, 9.17) is 10.5 Å². The fourth-order valence-electron chi connectivity index (χ4n) is 0.792. The molecule has 0 aromatic carbocycles. The second kappa shape index (κ2) is 5.09. The van der Waals surface area contributed by atoms with Crippen LogP contribution in [-0.4, -0.2) is 32.7 Å². The van der Waals surface area contributed by atoms with Crippen LogP contribution in [-0.2, 0) is 9.53 Å². The third kappa shape index (κ3) is 3.34. The predicted octanol–water partition coefficient (Wildman–Crippen LogP) is -0.658. The van der Waals surface area contributed by atoms with Crippen molar-refractivity contribution in [3.63, 3.8) is 0 Å². The topological polar surface area (TPSA) is 64.4 Å². The number of carbonyl (C=O) groups excluding carboxylic acids is 1. The molecule has 11 heavy (non-hydrogen) atoms. The average molecular weight is 160 g/mol. The molecule has 0 fully saturated rings. The van der Waals surface area contributed by atoms with Crippen LogP contribution in [0.4, 0.5) is 0 Å². The van der Waals surface area contributed by atoms with Crippen LogP contribution >= 0.6 is 0 Å². The molecule has 0 aliphatic rings. The molecule has 0 radical (unpaired) electrons. The number of carbonyl (C=O) groups is 1. The van der Waals surface area contributed by atoms with E-state index in [9.17, 15) is 4.79 Å². The van der Waals surface area contributed by atoms with E-state index in [0.717, 1.165) is 0 Å². The first-order valence-corrected chi connectivity index (χ1v) is 3.59. The quantitative estimate of drug-likeness (QED) is 0.574. The Hall–Kier alpha value is -0.610. The Labute approximate surface area is 67.1 Å². The van der Waals surface area contributed by atoms with Crippen molar-refractivity contribution >= 4 is 5.91 Å². The van der Waals surface area contributed by atoms with Gasteiger partial charge < -0.3 is 15.8 Å². The molecule has 0 aromatic rings. The van der Waals surface area contributed by atoms with Gasteiger partial charge in [0, 0.05) is 20.1 Å². The third-order valence-electron chi connectivity index (χ3n) is 1.59. The molecule has 4 nitrogen and oxygen atoms in total. The van der Waals surface area contributed by atoms with Crippen molar-refractivity contribution in [3.05, 3.63) is 0 Å². The highest BCUT2D eigenvalue weighted by Gasteiger charge is 2.18. The summed E-state index contributed by atoms with van der Waals surface area (Å²) in [4.78, 5) is 10.9. The SMILES string of the molecule is CNC(=O)[C@@H](N)[C@@H](C)COC. The van der Waals surface area contributed by atoms with Crippen LogP contribution in [0.15, 0.2) is 0 Å². The van der Waals surface area contributed by atoms with Gasteiger partial charge in [0.15, 0.2) is 0 Å². The normalized spacial score (nSPS) is 15.6. The monoisotopic (exact) mass is 160 g/mol. The Balaban J connectivity index is 3.80. The number of ether oxygens (including phenoxy) is 1. The lowest BCUT2D eigenvalue weighted by molar-refractivity contribution is -0.123. The van der Waals surface area contributed by atoms with E-state index in [0.29, 0.717) is 6.61 Å². The molecular formula is C7H16N2O2. The summed E-state index contributed by atoms with van der Waals surface area (Å²) in [5, 5.41) is 2.48. The van der Waals surface area contributed by atoms with Crippen LogP contribution in [0.5, 0.6) is 0 Å². The Kier molecular flexibility index (Phi) is 4.81. The molecule has 0 rings (SSSR count). The van der Waals surface area contributed by atoms with Crippen molar-refractivity contribution in [2.24, 2.45) is 11.7 Å². The van der Waals surface area contributed by atoms with Crippen LogP contribution in [0.25, 0.3) is 0 Å². The Morgan fingerprint density at radius 1 is 1.73 bits per heavy atom. The lowest BCUT2D eigenvalue weighted by Crippen LogP contribution is -2.44. The van der Waals surface area contributed by atoms with Crippen LogP contribution in [0.1, 0.15) is 6.92 Å². The van der Waals surface area contributed by atoms with Gasteiger partial charge in [0.05, 0.1) is 12.6 Å². The van der Waals surface area contributed by atoms with Crippen LogP contribution in [0.2, 0.25) is 0 Å². The lowest BCUT2D eigenvalue weighted by atomic mass is 10.0. The zero-order valence-corrected chi connectivity index (χ0v) is 7.26. The average Bonchev–Trinajstić information content (AvgIpc) is 2.02. The summed E-state index contributed by atoms with van der Waals surface area (Å²) >= 11 is 0. The number of nitrogens with one attached hydrogen (secondary N) is 1. The van der Waals surface area contributed by atoms with E-state index < -0.39 is 6.04 Å². The van der Waals surface area contributed by atoms with Crippen molar-refractivity contribution in [3.8, 4) is 0 Å². The number of nitrogens with two attached hydrogens (primary N) is 1. The maximum atomic E-state index is 10.9. The summed E-state index contributed by atoms with van der Waals surface area (Å²) in [6.07, 6.45) is 0. The molecule has 3 N–H and O–H groups in total. The van der Waals surface area contributed by atoms with Crippen LogP contribution in [0.3, 0.4) is 0 Å². The fourth-order valence-corrected chi connectivity index (χ4v) is 0.792. The maximum Gasteiger partial charge on any atom is 0.237 e. The molecule has 0 unspecified atom stereocenters. The molecule has 4 heteroatoms. The van der Waals surface area contributed by atoms with Gasteiger partial charge >= 0.3 is 0 Å². The van der Waals surface area contributed by atoms with Gasteiger partial charge in [0.25, 0.3) is 0 Å². The van der Waals surface area contributed by atoms with Gasteiger partial charge in [-0.25, -0.2) is 0 Å². The zero-order valence-electron chi connectivity index (χ0n) is 7.26. The third-order valence-corrected chi connectivity index (χ3v) is 1.59. The summed E-state index contributed by atoms with van der Waals surface area (Å²) in [5.74, 6) is -0.0884. The summed E-state index contributed by atoms with van der Waals surface area (Å²) in [6, 6.07) is -0.472. The zero-order chi connectivity index (χ0) is 8.85. The fraction of sp³-hybridized carbons (Fsp3) is 0.857. The Morgan fingerprint density at radius 3 is 2.64 bits per heavy atom. The minimum absolute atomic E-state index is 0.0555. The minimum atomic E-state index is -0.472. The molecule has 0 aliphatic carbocycles. The first-order valence-electron chi connectivity index (χ1n) is 3.59. The molecular weight excluding hydrogens is 144 g/mol. The summed E-state index contributed by atoms with van der Waals surface area (Å²) < 4.78 is 4.86. The van der Waals surface area contributed by atoms with Gasteiger partial charge in [-0.15, -0.1) is 0 Å². The highest BCUT2D eigenvalue weighted by atomic mass is 16.5. The number of methoxy groups -OCH3 is 1. The van der Waals surface area contributed by atoms with Crippen molar-refractivity contribution < 1.29 is 9.53 Å². The summed E-state index contributed by atoms with van der Waals surface area (Å²) in [6.45, 7) is 2.39. The van der Waals surface area contributed by atoms with Crippen molar-refractivity contribution in [1.29, 1.82) is 0 Å². The van der Waals surface area contributed by atoms with E-state index in [1.165, 1.54) is 0 Å². The molecule has 0 saturated carbocycles. The Bertz CT molecular complexity index is 128. The van der Waals surface area contributed by atoms with Crippen molar-refractivity contribution in [2.45, 2.75) is 13.0 Å². The molecule has 0 aliphatic heterocycles. The number of amides is 1. The van der Waals surface area contributed by atoms with E-state index in [2.05, 4.69) is 5.32 Å². The first kappa shape index (κ1) is 10.4. The smallest absolute Gasteiger partial charge is 0.237 e. The molecule has 0 spiro atoms. The molecule has 2 atom stereocenters. The molecule has 0 heterocycles. The molecule has 0 bridgehead atoms. The van der Waals surface area contributed by atoms with Gasteiger partial charge in [-0.1, -0.05) is 6.92 Å². The van der Waals surface area contributed by atoms with Gasteiger partial charge in [-0.2, -0.15) is 0 Å². The van der Waals surface area contributed by atoms with Crippen LogP contribution < -0.4 is 11.1 Å². The van der Waals surface area contributed by atoms with Crippen molar-refractivity contribution in [2.75, 3.05) is 20.8 Å². The highest BCUT2D eigenvalue weighted by Crippen LogP contribution is 1.99. The standard InChI is InChI=1S/C7H16N2O2/c1-5(4-11-3)6(8)7(10)9-2/h5-6H,4,8H2,1-3H3,(H,9,10)/t5-,6-/m0/s1. The molecule has 0 saturated heterocycles. The summed E-state index contributed by atoms with van der Waals surface area (Å²) in [7, 11) is 3.16. The lowest BCUT2D eigenvalue weighted by Gasteiger charge is -2.16. The first-order chi connectivity index (χ1) is 5.13. The highest BCUT2D eigenvalue weighted by molar-refractivity contribution is 5.81. The summed E-state index contributed by atoms with van der Waals surface area (Å²) in [5.41, 5.74) is 5.57. The largest absolute Gasteiger partial charge is 0.384 e. The minimum Gasteiger partial charge on any atom is -0.384 e. The van der Waals surface area contributed by atoms with Gasteiger partial charge in [0.1, 0.15) is 0 Å². The maximum absolute atomic E-state index is 10.9. The predicted molar refractivity (Wildman–Crippen MR) is 43.1 cm³/mol.